The van der Waals surface area contributed by atoms with Crippen molar-refractivity contribution in [1.82, 2.24) is 20.3 Å². The standard InChI is InChI=1S/C15H20BrFN4/c1-5-6-18-10(3)15-11(4)21(20-19-15)14-8-13(17)12(16)7-9(14)2/h7-8,10,18H,5-6H2,1-4H3. The minimum atomic E-state index is -0.302. The third kappa shape index (κ3) is 3.32. The van der Waals surface area contributed by atoms with Crippen LogP contribution in [0.5, 0.6) is 0 Å². The van der Waals surface area contributed by atoms with E-state index in [0.717, 1.165) is 35.6 Å². The fraction of sp³-hybridized carbons (Fsp3) is 0.467. The van der Waals surface area contributed by atoms with Gasteiger partial charge in [0.15, 0.2) is 0 Å². The summed E-state index contributed by atoms with van der Waals surface area (Å²) in [6, 6.07) is 3.36. The summed E-state index contributed by atoms with van der Waals surface area (Å²) >= 11 is 3.20. The predicted octanol–water partition coefficient (Wildman–Crippen LogP) is 3.85. The van der Waals surface area contributed by atoms with Crippen molar-refractivity contribution in [3.8, 4) is 5.69 Å². The number of hydrogen-bond acceptors (Lipinski definition) is 3. The monoisotopic (exact) mass is 354 g/mol. The van der Waals surface area contributed by atoms with E-state index in [1.54, 1.807) is 10.7 Å². The molecule has 2 aromatic rings. The van der Waals surface area contributed by atoms with Crippen LogP contribution in [0, 0.1) is 19.7 Å². The molecule has 0 radical (unpaired) electrons. The molecule has 0 amide bonds. The molecule has 0 saturated carbocycles. The topological polar surface area (TPSA) is 42.7 Å². The molecule has 1 heterocycles. The Labute approximate surface area is 132 Å². The van der Waals surface area contributed by atoms with Gasteiger partial charge in [-0.2, -0.15) is 0 Å². The number of halogens is 2. The molecule has 0 fully saturated rings. The second-order valence-electron chi connectivity index (χ2n) is 5.20. The van der Waals surface area contributed by atoms with Gasteiger partial charge in [-0.25, -0.2) is 9.07 Å². The van der Waals surface area contributed by atoms with Gasteiger partial charge in [0.1, 0.15) is 11.5 Å². The number of benzene rings is 1. The number of nitrogens with one attached hydrogen (secondary N) is 1. The molecule has 1 atom stereocenters. The summed E-state index contributed by atoms with van der Waals surface area (Å²) in [6.07, 6.45) is 1.06. The van der Waals surface area contributed by atoms with Gasteiger partial charge in [0.05, 0.1) is 21.9 Å². The van der Waals surface area contributed by atoms with Crippen LogP contribution in [0.25, 0.3) is 5.69 Å². The molecule has 0 aliphatic carbocycles. The number of aromatic nitrogens is 3. The molecular formula is C15H20BrFN4. The molecule has 0 spiro atoms. The Hall–Kier alpha value is -1.27. The van der Waals surface area contributed by atoms with E-state index < -0.39 is 0 Å². The van der Waals surface area contributed by atoms with Crippen molar-refractivity contribution in [2.24, 2.45) is 0 Å². The summed E-state index contributed by atoms with van der Waals surface area (Å²) in [4.78, 5) is 0. The van der Waals surface area contributed by atoms with Crippen molar-refractivity contribution in [2.45, 2.75) is 40.2 Å². The molecule has 1 unspecified atom stereocenters. The Kier molecular flexibility index (Phi) is 5.11. The molecule has 114 valence electrons. The third-order valence-corrected chi connectivity index (χ3v) is 4.12. The van der Waals surface area contributed by atoms with Crippen molar-refractivity contribution in [1.29, 1.82) is 0 Å². The van der Waals surface area contributed by atoms with Gasteiger partial charge in [-0.3, -0.25) is 0 Å². The summed E-state index contributed by atoms with van der Waals surface area (Å²) in [7, 11) is 0. The van der Waals surface area contributed by atoms with E-state index in [-0.39, 0.29) is 11.9 Å². The minimum absolute atomic E-state index is 0.124. The Morgan fingerprint density at radius 2 is 2.10 bits per heavy atom. The molecule has 4 nitrogen and oxygen atoms in total. The summed E-state index contributed by atoms with van der Waals surface area (Å²) in [5.74, 6) is -0.302. The Balaban J connectivity index is 2.38. The molecule has 0 bridgehead atoms. The summed E-state index contributed by atoms with van der Waals surface area (Å²) in [5, 5.41) is 11.8. The van der Waals surface area contributed by atoms with Gasteiger partial charge < -0.3 is 5.32 Å². The van der Waals surface area contributed by atoms with Crippen LogP contribution < -0.4 is 5.32 Å². The molecule has 1 aromatic heterocycles. The Morgan fingerprint density at radius 1 is 1.38 bits per heavy atom. The first-order valence-corrected chi connectivity index (χ1v) is 7.86. The van der Waals surface area contributed by atoms with Crippen molar-refractivity contribution in [3.05, 3.63) is 39.4 Å². The SMILES string of the molecule is CCCNC(C)c1nnn(-c2cc(F)c(Br)cc2C)c1C. The maximum Gasteiger partial charge on any atom is 0.139 e. The molecule has 6 heteroatoms. The highest BCUT2D eigenvalue weighted by atomic mass is 79.9. The van der Waals surface area contributed by atoms with Gasteiger partial charge in [-0.05, 0) is 61.3 Å². The van der Waals surface area contributed by atoms with Gasteiger partial charge in [-0.1, -0.05) is 12.1 Å². The Morgan fingerprint density at radius 3 is 2.76 bits per heavy atom. The lowest BCUT2D eigenvalue weighted by Gasteiger charge is -2.12. The number of hydrogen-bond donors (Lipinski definition) is 1. The van der Waals surface area contributed by atoms with Crippen molar-refractivity contribution < 1.29 is 4.39 Å². The quantitative estimate of drug-likeness (QED) is 0.886. The van der Waals surface area contributed by atoms with Crippen LogP contribution in [-0.2, 0) is 0 Å². The first-order chi connectivity index (χ1) is 9.95. The largest absolute Gasteiger partial charge is 0.309 e. The minimum Gasteiger partial charge on any atom is -0.309 e. The highest BCUT2D eigenvalue weighted by molar-refractivity contribution is 9.10. The molecule has 2 rings (SSSR count). The number of nitrogens with zero attached hydrogens (tertiary/aromatic N) is 3. The zero-order chi connectivity index (χ0) is 15.6. The molecule has 21 heavy (non-hydrogen) atoms. The lowest BCUT2D eigenvalue weighted by atomic mass is 10.1. The van der Waals surface area contributed by atoms with E-state index >= 15 is 0 Å². The molecule has 1 aromatic carbocycles. The van der Waals surface area contributed by atoms with Gasteiger partial charge in [0.25, 0.3) is 0 Å². The van der Waals surface area contributed by atoms with E-state index in [0.29, 0.717) is 4.47 Å². The normalized spacial score (nSPS) is 12.7. The van der Waals surface area contributed by atoms with Crippen LogP contribution in [0.1, 0.15) is 43.3 Å². The second kappa shape index (κ2) is 6.66. The summed E-state index contributed by atoms with van der Waals surface area (Å²) in [6.45, 7) is 9.00. The van der Waals surface area contributed by atoms with Crippen molar-refractivity contribution in [2.75, 3.05) is 6.54 Å². The molecular weight excluding hydrogens is 335 g/mol. The molecule has 1 N–H and O–H groups in total. The average molecular weight is 355 g/mol. The van der Waals surface area contributed by atoms with E-state index in [1.165, 1.54) is 6.07 Å². The first kappa shape index (κ1) is 16.1. The molecule has 0 aliphatic rings. The van der Waals surface area contributed by atoms with Crippen LogP contribution in [0.3, 0.4) is 0 Å². The lowest BCUT2D eigenvalue weighted by molar-refractivity contribution is 0.555. The smallest absolute Gasteiger partial charge is 0.139 e. The highest BCUT2D eigenvalue weighted by Gasteiger charge is 2.17. The highest BCUT2D eigenvalue weighted by Crippen LogP contribution is 2.25. The maximum atomic E-state index is 13.8. The zero-order valence-corrected chi connectivity index (χ0v) is 14.3. The number of rotatable bonds is 5. The fourth-order valence-electron chi connectivity index (χ4n) is 2.29. The van der Waals surface area contributed by atoms with Crippen LogP contribution >= 0.6 is 15.9 Å². The number of aryl methyl sites for hydroxylation is 1. The van der Waals surface area contributed by atoms with Crippen LogP contribution in [-0.4, -0.2) is 21.5 Å². The molecule has 0 aliphatic heterocycles. The maximum absolute atomic E-state index is 13.8. The van der Waals surface area contributed by atoms with Gasteiger partial charge >= 0.3 is 0 Å². The van der Waals surface area contributed by atoms with Crippen molar-refractivity contribution in [3.63, 3.8) is 0 Å². The second-order valence-corrected chi connectivity index (χ2v) is 6.05. The van der Waals surface area contributed by atoms with Gasteiger partial charge in [0.2, 0.25) is 0 Å². The average Bonchev–Trinajstić information content (AvgIpc) is 2.82. The molecule has 0 saturated heterocycles. The van der Waals surface area contributed by atoms with Crippen LogP contribution in [0.2, 0.25) is 0 Å². The van der Waals surface area contributed by atoms with Gasteiger partial charge in [-0.15, -0.1) is 5.10 Å². The lowest BCUT2D eigenvalue weighted by Crippen LogP contribution is -2.20. The van der Waals surface area contributed by atoms with E-state index in [1.807, 2.05) is 13.8 Å². The van der Waals surface area contributed by atoms with Crippen LogP contribution in [0.4, 0.5) is 4.39 Å². The first-order valence-electron chi connectivity index (χ1n) is 7.07. The van der Waals surface area contributed by atoms with Gasteiger partial charge in [0, 0.05) is 6.07 Å². The van der Waals surface area contributed by atoms with Crippen LogP contribution in [0.15, 0.2) is 16.6 Å². The Bertz CT molecular complexity index is 639. The van der Waals surface area contributed by atoms with Crippen molar-refractivity contribution >= 4 is 15.9 Å². The third-order valence-electron chi connectivity index (χ3n) is 3.51. The van der Waals surface area contributed by atoms with E-state index in [2.05, 4.69) is 45.4 Å². The fourth-order valence-corrected chi connectivity index (χ4v) is 2.75. The van der Waals surface area contributed by atoms with E-state index in [4.69, 9.17) is 0 Å². The van der Waals surface area contributed by atoms with E-state index in [9.17, 15) is 4.39 Å². The predicted molar refractivity (Wildman–Crippen MR) is 85.2 cm³/mol. The summed E-state index contributed by atoms with van der Waals surface area (Å²) in [5.41, 5.74) is 3.48. The summed E-state index contributed by atoms with van der Waals surface area (Å²) < 4.78 is 15.9. The zero-order valence-electron chi connectivity index (χ0n) is 12.7.